The second kappa shape index (κ2) is 4.49. The molecule has 2 aromatic rings. The summed E-state index contributed by atoms with van der Waals surface area (Å²) in [5, 5.41) is 15.6. The predicted octanol–water partition coefficient (Wildman–Crippen LogP) is 1.10. The van der Waals surface area contributed by atoms with Crippen molar-refractivity contribution in [1.82, 2.24) is 5.10 Å². The molecule has 19 heavy (non-hydrogen) atoms. The number of hydrogen-bond acceptors (Lipinski definition) is 3. The first-order valence-corrected chi connectivity index (χ1v) is 6.31. The molecule has 1 saturated carbocycles. The minimum Gasteiger partial charge on any atom is -0.371 e. The molecule has 1 heterocycles. The number of anilines is 1. The Balaban J connectivity index is 2.08. The largest absolute Gasteiger partial charge is 0.449 e. The zero-order valence-corrected chi connectivity index (χ0v) is 10.3. The molecule has 0 aliphatic heterocycles. The van der Waals surface area contributed by atoms with Gasteiger partial charge in [-0.2, -0.15) is 0 Å². The minimum absolute atomic E-state index is 0.0412. The molecule has 1 aliphatic carbocycles. The minimum atomic E-state index is -0.526. The van der Waals surface area contributed by atoms with Crippen molar-refractivity contribution in [1.29, 1.82) is 0 Å². The number of nitrogens with one attached hydrogen (secondary N) is 2. The van der Waals surface area contributed by atoms with E-state index >= 15 is 0 Å². The number of aromatic amines is 1. The van der Waals surface area contributed by atoms with Gasteiger partial charge in [-0.1, -0.05) is 0 Å². The summed E-state index contributed by atoms with van der Waals surface area (Å²) in [6.45, 7) is 0. The highest BCUT2D eigenvalue weighted by Gasteiger charge is 2.27. The molecule has 0 unspecified atom stereocenters. The first kappa shape index (κ1) is 11.9. The normalized spacial score (nSPS) is 16.1. The second-order valence-electron chi connectivity index (χ2n) is 4.83. The van der Waals surface area contributed by atoms with Crippen molar-refractivity contribution in [3.63, 3.8) is 0 Å². The number of hydrogen-bond donors (Lipinski definition) is 3. The Bertz CT molecular complexity index is 679. The van der Waals surface area contributed by atoms with Crippen molar-refractivity contribution in [3.05, 3.63) is 28.9 Å². The summed E-state index contributed by atoms with van der Waals surface area (Å²) in [6, 6.07) is 3.89. The molecule has 0 saturated heterocycles. The number of benzene rings is 1. The van der Waals surface area contributed by atoms with Crippen LogP contribution in [0.2, 0.25) is 0 Å². The second-order valence-corrected chi connectivity index (χ2v) is 4.83. The fourth-order valence-electron chi connectivity index (χ4n) is 2.52. The molecule has 100 valence electrons. The molecule has 7 heteroatoms. The third-order valence-corrected chi connectivity index (χ3v) is 3.50. The van der Waals surface area contributed by atoms with Gasteiger partial charge in [0.05, 0.1) is 17.0 Å². The fraction of sp³-hybridized carbons (Fsp3) is 0.417. The van der Waals surface area contributed by atoms with Crippen LogP contribution in [0.3, 0.4) is 0 Å². The summed E-state index contributed by atoms with van der Waals surface area (Å²) in [7, 11) is 0. The summed E-state index contributed by atoms with van der Waals surface area (Å²) in [5.74, 6) is -0.317. The highest BCUT2D eigenvalue weighted by Crippen LogP contribution is 2.20. The van der Waals surface area contributed by atoms with Crippen molar-refractivity contribution in [2.45, 2.75) is 31.7 Å². The van der Waals surface area contributed by atoms with Gasteiger partial charge in [-0.15, -0.1) is 0 Å². The van der Waals surface area contributed by atoms with Crippen molar-refractivity contribution in [3.8, 4) is 0 Å². The van der Waals surface area contributed by atoms with Crippen LogP contribution in [-0.4, -0.2) is 16.3 Å². The summed E-state index contributed by atoms with van der Waals surface area (Å²) in [5.41, 5.74) is 0.287. The van der Waals surface area contributed by atoms with Crippen LogP contribution in [0.25, 0.3) is 11.0 Å². The summed E-state index contributed by atoms with van der Waals surface area (Å²) in [4.78, 5) is 11.8. The van der Waals surface area contributed by atoms with Crippen LogP contribution in [0.15, 0.2) is 18.2 Å². The highest BCUT2D eigenvalue weighted by atomic mass is 19.1. The van der Waals surface area contributed by atoms with Gasteiger partial charge in [0, 0.05) is 5.10 Å². The molecule has 6 nitrogen and oxygen atoms in total. The lowest BCUT2D eigenvalue weighted by Crippen LogP contribution is -2.43. The van der Waals surface area contributed by atoms with Crippen LogP contribution in [-0.2, 0) is 0 Å². The maximum absolute atomic E-state index is 13.1. The zero-order valence-electron chi connectivity index (χ0n) is 10.3. The molecule has 1 fully saturated rings. The Labute approximate surface area is 108 Å². The average molecular weight is 266 g/mol. The van der Waals surface area contributed by atoms with Gasteiger partial charge in [0.1, 0.15) is 5.82 Å². The predicted molar refractivity (Wildman–Crippen MR) is 64.9 cm³/mol. The van der Waals surface area contributed by atoms with E-state index in [4.69, 9.17) is 0 Å². The summed E-state index contributed by atoms with van der Waals surface area (Å²) < 4.78 is 14.4. The molecule has 1 aromatic heterocycles. The van der Waals surface area contributed by atoms with Gasteiger partial charge in [0.25, 0.3) is 0 Å². The number of fused-ring (bicyclic) bond motifs is 1. The van der Waals surface area contributed by atoms with E-state index in [2.05, 4.69) is 10.4 Å². The maximum atomic E-state index is 13.1. The lowest BCUT2D eigenvalue weighted by Gasteiger charge is -2.06. The van der Waals surface area contributed by atoms with E-state index in [-0.39, 0.29) is 23.0 Å². The molecular formula is C12H15FN4O2+2. The van der Waals surface area contributed by atoms with Crippen molar-refractivity contribution in [2.24, 2.45) is 0 Å². The average Bonchev–Trinajstić information content (AvgIpc) is 2.88. The summed E-state index contributed by atoms with van der Waals surface area (Å²) in [6.07, 6.45) is 4.29. The Kier molecular flexibility index (Phi) is 2.81. The Morgan fingerprint density at radius 2 is 2.05 bits per heavy atom. The van der Waals surface area contributed by atoms with Gasteiger partial charge in [-0.3, -0.25) is 5.32 Å². The highest BCUT2D eigenvalue weighted by molar-refractivity contribution is 5.67. The quantitative estimate of drug-likeness (QED) is 0.563. The molecular weight excluding hydrogens is 251 g/mol. The first-order valence-electron chi connectivity index (χ1n) is 6.31. The third-order valence-electron chi connectivity index (χ3n) is 3.50. The smallest absolute Gasteiger partial charge is 0.371 e. The maximum Gasteiger partial charge on any atom is 0.449 e. The Morgan fingerprint density at radius 3 is 2.79 bits per heavy atom. The lowest BCUT2D eigenvalue weighted by molar-refractivity contribution is -0.881. The van der Waals surface area contributed by atoms with Crippen LogP contribution in [0.1, 0.15) is 25.7 Å². The van der Waals surface area contributed by atoms with E-state index in [0.29, 0.717) is 4.54 Å². The van der Waals surface area contributed by atoms with Crippen LogP contribution < -0.4 is 14.6 Å². The molecule has 0 amide bonds. The monoisotopic (exact) mass is 266 g/mol. The fourth-order valence-corrected chi connectivity index (χ4v) is 2.52. The molecule has 1 aromatic carbocycles. The van der Waals surface area contributed by atoms with E-state index in [9.17, 15) is 14.5 Å². The number of H-pyrrole nitrogens is 1. The van der Waals surface area contributed by atoms with Crippen molar-refractivity contribution >= 4 is 17.0 Å². The number of halogens is 1. The van der Waals surface area contributed by atoms with Gasteiger partial charge in [-0.05, 0) is 42.5 Å². The van der Waals surface area contributed by atoms with Gasteiger partial charge < -0.3 is 5.21 Å². The molecule has 0 atom stereocenters. The van der Waals surface area contributed by atoms with Crippen molar-refractivity contribution < 1.29 is 18.9 Å². The third kappa shape index (κ3) is 2.11. The van der Waals surface area contributed by atoms with Crippen LogP contribution in [0.4, 0.5) is 10.3 Å². The molecule has 3 N–H and O–H groups in total. The van der Waals surface area contributed by atoms with Gasteiger partial charge >= 0.3 is 11.5 Å². The van der Waals surface area contributed by atoms with E-state index in [1.54, 1.807) is 0 Å². The first-order chi connectivity index (χ1) is 9.15. The molecule has 3 rings (SSSR count). The molecule has 1 aliphatic rings. The van der Waals surface area contributed by atoms with E-state index in [1.165, 1.54) is 12.1 Å². The SMILES string of the molecule is O=[n+]1[nH]c(NC2CCCC2)[n+](O)c2ccc(F)cc21. The van der Waals surface area contributed by atoms with Crippen LogP contribution >= 0.6 is 0 Å². The van der Waals surface area contributed by atoms with Crippen LogP contribution in [0.5, 0.6) is 0 Å². The van der Waals surface area contributed by atoms with Gasteiger partial charge in [0.2, 0.25) is 10.1 Å². The number of nitrogens with zero attached hydrogens (tertiary/aromatic N) is 2. The standard InChI is InChI=1S/C12H14FN4O2/c13-8-5-6-10-11(7-8)17(19)15-12(16(10)18)14-9-3-1-2-4-9/h5-7,9,18H,1-4H2,(H,14,15,19)/q+1/p+1. The molecule has 0 radical (unpaired) electrons. The summed E-state index contributed by atoms with van der Waals surface area (Å²) >= 11 is 0. The Hall–Kier alpha value is -2.18. The lowest BCUT2D eigenvalue weighted by atomic mass is 10.2. The number of rotatable bonds is 2. The van der Waals surface area contributed by atoms with E-state index in [0.717, 1.165) is 36.5 Å². The molecule has 0 bridgehead atoms. The zero-order chi connectivity index (χ0) is 13.4. The van der Waals surface area contributed by atoms with Gasteiger partial charge in [-0.25, -0.2) is 4.39 Å². The van der Waals surface area contributed by atoms with Crippen molar-refractivity contribution in [2.75, 3.05) is 5.32 Å². The van der Waals surface area contributed by atoms with Gasteiger partial charge in [0.15, 0.2) is 0 Å². The molecule has 0 spiro atoms. The topological polar surface area (TPSA) is 74.9 Å². The van der Waals surface area contributed by atoms with Crippen LogP contribution in [0, 0.1) is 10.7 Å². The van der Waals surface area contributed by atoms with E-state index in [1.807, 2.05) is 0 Å². The number of aromatic nitrogens is 3. The van der Waals surface area contributed by atoms with E-state index < -0.39 is 5.82 Å². The Morgan fingerprint density at radius 1 is 1.32 bits per heavy atom.